The molecule has 3 atom stereocenters. The van der Waals surface area contributed by atoms with E-state index in [0.717, 1.165) is 12.3 Å². The van der Waals surface area contributed by atoms with Crippen molar-refractivity contribution in [3.63, 3.8) is 0 Å². The van der Waals surface area contributed by atoms with Crippen molar-refractivity contribution < 1.29 is 4.79 Å². The summed E-state index contributed by atoms with van der Waals surface area (Å²) >= 11 is 0. The van der Waals surface area contributed by atoms with Crippen molar-refractivity contribution in [1.82, 2.24) is 0 Å². The summed E-state index contributed by atoms with van der Waals surface area (Å²) in [7, 11) is 0. The molecule has 0 saturated heterocycles. The molecule has 2 aliphatic rings. The molecule has 0 radical (unpaired) electrons. The van der Waals surface area contributed by atoms with E-state index in [-0.39, 0.29) is 5.92 Å². The van der Waals surface area contributed by atoms with Gasteiger partial charge in [-0.2, -0.15) is 0 Å². The SMILES string of the molecule is CC1=CC[C@H](C(C)C)[C@H]2C[C@@H](C)C(=O)C=C12. The van der Waals surface area contributed by atoms with E-state index in [4.69, 9.17) is 0 Å². The molecule has 0 bridgehead atoms. The Morgan fingerprint density at radius 1 is 1.38 bits per heavy atom. The number of allylic oxidation sites excluding steroid dienone is 4. The van der Waals surface area contributed by atoms with Gasteiger partial charge in [-0.3, -0.25) is 4.79 Å². The first-order chi connectivity index (χ1) is 7.50. The number of hydrogen-bond acceptors (Lipinski definition) is 1. The summed E-state index contributed by atoms with van der Waals surface area (Å²) in [5.41, 5.74) is 2.66. The lowest BCUT2D eigenvalue weighted by Gasteiger charge is -2.39. The van der Waals surface area contributed by atoms with E-state index < -0.39 is 0 Å². The Labute approximate surface area is 98.6 Å². The fraction of sp³-hybridized carbons (Fsp3) is 0.667. The summed E-state index contributed by atoms with van der Waals surface area (Å²) < 4.78 is 0. The zero-order valence-electron chi connectivity index (χ0n) is 10.8. The second kappa shape index (κ2) is 4.20. The van der Waals surface area contributed by atoms with Crippen molar-refractivity contribution in [2.24, 2.45) is 23.7 Å². The van der Waals surface area contributed by atoms with Crippen LogP contribution >= 0.6 is 0 Å². The Morgan fingerprint density at radius 3 is 2.69 bits per heavy atom. The van der Waals surface area contributed by atoms with E-state index in [9.17, 15) is 4.79 Å². The average Bonchev–Trinajstić information content (AvgIpc) is 2.21. The molecule has 88 valence electrons. The number of fused-ring (bicyclic) bond motifs is 1. The predicted octanol–water partition coefficient (Wildman–Crippen LogP) is 3.76. The van der Waals surface area contributed by atoms with E-state index in [2.05, 4.69) is 33.8 Å². The van der Waals surface area contributed by atoms with Crippen LogP contribution in [0.3, 0.4) is 0 Å². The minimum absolute atomic E-state index is 0.223. The largest absolute Gasteiger partial charge is 0.295 e. The third-order valence-corrected chi connectivity index (χ3v) is 4.32. The minimum Gasteiger partial charge on any atom is -0.295 e. The van der Waals surface area contributed by atoms with Crippen LogP contribution in [0.15, 0.2) is 23.3 Å². The van der Waals surface area contributed by atoms with E-state index >= 15 is 0 Å². The van der Waals surface area contributed by atoms with Crippen LogP contribution < -0.4 is 0 Å². The van der Waals surface area contributed by atoms with Gasteiger partial charge in [0.1, 0.15) is 0 Å². The van der Waals surface area contributed by atoms with Crippen LogP contribution in [0.2, 0.25) is 0 Å². The van der Waals surface area contributed by atoms with Crippen LogP contribution in [-0.4, -0.2) is 5.78 Å². The van der Waals surface area contributed by atoms with Gasteiger partial charge in [-0.1, -0.05) is 32.4 Å². The summed E-state index contributed by atoms with van der Waals surface area (Å²) in [4.78, 5) is 11.8. The van der Waals surface area contributed by atoms with Crippen LogP contribution in [0, 0.1) is 23.7 Å². The molecule has 0 aromatic rings. The van der Waals surface area contributed by atoms with E-state index in [1.807, 2.05) is 6.08 Å². The van der Waals surface area contributed by atoms with Crippen molar-refractivity contribution in [3.8, 4) is 0 Å². The molecule has 0 amide bonds. The summed E-state index contributed by atoms with van der Waals surface area (Å²) in [5.74, 6) is 2.60. The van der Waals surface area contributed by atoms with Gasteiger partial charge in [0.2, 0.25) is 0 Å². The van der Waals surface area contributed by atoms with Crippen molar-refractivity contribution >= 4 is 5.78 Å². The van der Waals surface area contributed by atoms with Crippen LogP contribution in [-0.2, 0) is 4.79 Å². The van der Waals surface area contributed by atoms with Gasteiger partial charge in [-0.15, -0.1) is 0 Å². The zero-order chi connectivity index (χ0) is 11.9. The normalized spacial score (nSPS) is 34.6. The lowest BCUT2D eigenvalue weighted by atomic mass is 9.65. The highest BCUT2D eigenvalue weighted by Crippen LogP contribution is 2.44. The van der Waals surface area contributed by atoms with Crippen molar-refractivity contribution in [3.05, 3.63) is 23.3 Å². The molecular formula is C15H22O. The molecule has 0 heterocycles. The van der Waals surface area contributed by atoms with E-state index in [1.165, 1.54) is 17.6 Å². The minimum atomic E-state index is 0.223. The number of rotatable bonds is 1. The predicted molar refractivity (Wildman–Crippen MR) is 67.1 cm³/mol. The van der Waals surface area contributed by atoms with Crippen LogP contribution in [0.5, 0.6) is 0 Å². The van der Waals surface area contributed by atoms with Crippen LogP contribution in [0.1, 0.15) is 40.5 Å². The van der Waals surface area contributed by atoms with E-state index in [1.54, 1.807) is 0 Å². The second-order valence-corrected chi connectivity index (χ2v) is 5.78. The highest BCUT2D eigenvalue weighted by atomic mass is 16.1. The van der Waals surface area contributed by atoms with Gasteiger partial charge in [-0.25, -0.2) is 0 Å². The summed E-state index contributed by atoms with van der Waals surface area (Å²) in [6.07, 6.45) is 6.47. The fourth-order valence-corrected chi connectivity index (χ4v) is 3.17. The molecule has 1 heteroatoms. The monoisotopic (exact) mass is 218 g/mol. The van der Waals surface area contributed by atoms with Gasteiger partial charge in [0, 0.05) is 5.92 Å². The summed E-state index contributed by atoms with van der Waals surface area (Å²) in [5, 5.41) is 0. The molecule has 2 aliphatic carbocycles. The Bertz CT molecular complexity index is 360. The van der Waals surface area contributed by atoms with Crippen molar-refractivity contribution in [2.75, 3.05) is 0 Å². The van der Waals surface area contributed by atoms with Gasteiger partial charge >= 0.3 is 0 Å². The molecule has 1 nitrogen and oxygen atoms in total. The maximum absolute atomic E-state index is 11.8. The molecule has 2 rings (SSSR count). The van der Waals surface area contributed by atoms with Crippen LogP contribution in [0.4, 0.5) is 0 Å². The maximum Gasteiger partial charge on any atom is 0.158 e. The van der Waals surface area contributed by atoms with Gasteiger partial charge in [0.15, 0.2) is 5.78 Å². The average molecular weight is 218 g/mol. The van der Waals surface area contributed by atoms with Crippen LogP contribution in [0.25, 0.3) is 0 Å². The number of hydrogen-bond donors (Lipinski definition) is 0. The summed E-state index contributed by atoms with van der Waals surface area (Å²) in [6.45, 7) is 8.83. The molecule has 0 aliphatic heterocycles. The number of ketones is 1. The Morgan fingerprint density at radius 2 is 2.06 bits per heavy atom. The third-order valence-electron chi connectivity index (χ3n) is 4.32. The first kappa shape index (κ1) is 11.6. The van der Waals surface area contributed by atoms with Gasteiger partial charge in [0.25, 0.3) is 0 Å². The molecule has 0 saturated carbocycles. The first-order valence-electron chi connectivity index (χ1n) is 6.43. The molecular weight excluding hydrogens is 196 g/mol. The molecule has 0 N–H and O–H groups in total. The highest BCUT2D eigenvalue weighted by Gasteiger charge is 2.36. The molecule has 0 fully saturated rings. The zero-order valence-corrected chi connectivity index (χ0v) is 10.8. The highest BCUT2D eigenvalue weighted by molar-refractivity contribution is 5.94. The summed E-state index contributed by atoms with van der Waals surface area (Å²) in [6, 6.07) is 0. The Balaban J connectivity index is 2.37. The molecule has 0 aromatic carbocycles. The smallest absolute Gasteiger partial charge is 0.158 e. The third kappa shape index (κ3) is 1.88. The molecule has 0 aromatic heterocycles. The van der Waals surface area contributed by atoms with Gasteiger partial charge in [0.05, 0.1) is 0 Å². The standard InChI is InChI=1S/C15H22O/c1-9(2)12-6-5-10(3)13-8-15(16)11(4)7-14(12)13/h5,8-9,11-12,14H,6-7H2,1-4H3/t11-,12-,14-/m1/s1. The number of carbonyl (C=O) groups excluding carboxylic acids is 1. The number of carbonyl (C=O) groups is 1. The lowest BCUT2D eigenvalue weighted by molar-refractivity contribution is -0.119. The topological polar surface area (TPSA) is 17.1 Å². The van der Waals surface area contributed by atoms with Crippen molar-refractivity contribution in [2.45, 2.75) is 40.5 Å². The fourth-order valence-electron chi connectivity index (χ4n) is 3.17. The molecule has 0 spiro atoms. The molecule has 0 unspecified atom stereocenters. The Kier molecular flexibility index (Phi) is 3.05. The van der Waals surface area contributed by atoms with E-state index in [0.29, 0.717) is 17.6 Å². The second-order valence-electron chi connectivity index (χ2n) is 5.78. The first-order valence-corrected chi connectivity index (χ1v) is 6.43. The lowest BCUT2D eigenvalue weighted by Crippen LogP contribution is -2.32. The quantitative estimate of drug-likeness (QED) is 0.655. The van der Waals surface area contributed by atoms with Crippen molar-refractivity contribution in [1.29, 1.82) is 0 Å². The van der Waals surface area contributed by atoms with Gasteiger partial charge in [-0.05, 0) is 49.2 Å². The molecule has 16 heavy (non-hydrogen) atoms. The maximum atomic E-state index is 11.8. The Hall–Kier alpha value is -0.850. The van der Waals surface area contributed by atoms with Gasteiger partial charge < -0.3 is 0 Å².